The van der Waals surface area contributed by atoms with Crippen LogP contribution in [0, 0.1) is 11.3 Å². The fourth-order valence-electron chi connectivity index (χ4n) is 5.42. The predicted molar refractivity (Wildman–Crippen MR) is 183 cm³/mol. The lowest BCUT2D eigenvalue weighted by atomic mass is 10.1. The molecule has 0 atom stereocenters. The van der Waals surface area contributed by atoms with Crippen molar-refractivity contribution < 1.29 is 4.79 Å². The quantitative estimate of drug-likeness (QED) is 0.158. The zero-order chi connectivity index (χ0) is 31.3. The van der Waals surface area contributed by atoms with Gasteiger partial charge in [-0.25, -0.2) is 4.98 Å². The molecule has 0 radical (unpaired) electrons. The van der Waals surface area contributed by atoms with Gasteiger partial charge in [0.2, 0.25) is 0 Å². The molecule has 1 saturated heterocycles. The highest BCUT2D eigenvalue weighted by molar-refractivity contribution is 7.18. The van der Waals surface area contributed by atoms with Crippen LogP contribution in [0.1, 0.15) is 32.1 Å². The summed E-state index contributed by atoms with van der Waals surface area (Å²) in [6, 6.07) is 27.6. The van der Waals surface area contributed by atoms with Crippen molar-refractivity contribution in [3.8, 4) is 6.07 Å². The average molecular weight is 676 g/mol. The topological polar surface area (TPSA) is 68.4 Å². The Balaban J connectivity index is 1.18. The van der Waals surface area contributed by atoms with E-state index in [4.69, 9.17) is 40.1 Å². The van der Waals surface area contributed by atoms with Gasteiger partial charge in [0, 0.05) is 56.8 Å². The molecule has 1 amide bonds. The highest BCUT2D eigenvalue weighted by atomic mass is 35.5. The summed E-state index contributed by atoms with van der Waals surface area (Å²) in [4.78, 5) is 24.5. The van der Waals surface area contributed by atoms with E-state index >= 15 is 0 Å². The first kappa shape index (κ1) is 31.0. The van der Waals surface area contributed by atoms with Gasteiger partial charge in [0.15, 0.2) is 0 Å². The van der Waals surface area contributed by atoms with Crippen molar-refractivity contribution in [1.82, 2.24) is 14.5 Å². The molecule has 0 bridgehead atoms. The number of carbonyl (C=O) groups is 1. The van der Waals surface area contributed by atoms with Crippen molar-refractivity contribution in [3.63, 3.8) is 0 Å². The fourth-order valence-corrected chi connectivity index (χ4v) is 6.75. The van der Waals surface area contributed by atoms with E-state index < -0.39 is 0 Å². The number of rotatable bonds is 9. The number of halogens is 3. The molecule has 0 N–H and O–H groups in total. The van der Waals surface area contributed by atoms with Crippen molar-refractivity contribution in [1.29, 1.82) is 5.26 Å². The number of anilines is 2. The minimum absolute atomic E-state index is 0.0401. The van der Waals surface area contributed by atoms with E-state index in [0.717, 1.165) is 41.3 Å². The molecule has 6 rings (SSSR count). The molecule has 0 spiro atoms. The molecule has 3 heterocycles. The van der Waals surface area contributed by atoms with Gasteiger partial charge in [-0.05, 0) is 71.8 Å². The number of nitriles is 1. The molecule has 11 heteroatoms. The normalized spacial score (nSPS) is 13.1. The van der Waals surface area contributed by atoms with Crippen LogP contribution in [-0.2, 0) is 19.6 Å². The van der Waals surface area contributed by atoms with Gasteiger partial charge in [-0.1, -0.05) is 53.0 Å². The molecule has 0 saturated carbocycles. The van der Waals surface area contributed by atoms with Gasteiger partial charge in [0.1, 0.15) is 0 Å². The second-order valence-corrected chi connectivity index (χ2v) is 13.4. The smallest absolute Gasteiger partial charge is 0.264 e. The first-order valence-electron chi connectivity index (χ1n) is 14.4. The van der Waals surface area contributed by atoms with Crippen LogP contribution in [0.4, 0.5) is 11.4 Å². The highest BCUT2D eigenvalue weighted by Gasteiger charge is 2.23. The van der Waals surface area contributed by atoms with Crippen LogP contribution in [0.25, 0.3) is 0 Å². The van der Waals surface area contributed by atoms with E-state index in [1.807, 2.05) is 59.9 Å². The number of thiophene rings is 1. The number of piperazine rings is 1. The monoisotopic (exact) mass is 674 g/mol. The summed E-state index contributed by atoms with van der Waals surface area (Å²) in [7, 11) is 0. The lowest BCUT2D eigenvalue weighted by Gasteiger charge is -2.36. The van der Waals surface area contributed by atoms with Crippen LogP contribution in [0.3, 0.4) is 0 Å². The van der Waals surface area contributed by atoms with Crippen molar-refractivity contribution in [3.05, 3.63) is 133 Å². The van der Waals surface area contributed by atoms with Crippen molar-refractivity contribution in [2.75, 3.05) is 36.0 Å². The van der Waals surface area contributed by atoms with Crippen molar-refractivity contribution >= 4 is 63.4 Å². The molecular formula is C34H29Cl3N6OS. The number of amides is 1. The number of nitrogens with zero attached hydrogens (tertiary/aromatic N) is 6. The summed E-state index contributed by atoms with van der Waals surface area (Å²) in [5, 5.41) is 10.2. The van der Waals surface area contributed by atoms with Crippen LogP contribution in [0.15, 0.2) is 91.4 Å². The zero-order valence-electron chi connectivity index (χ0n) is 24.2. The fraction of sp³-hybridized carbons (Fsp3) is 0.206. The summed E-state index contributed by atoms with van der Waals surface area (Å²) in [6.45, 7) is 4.70. The Bertz CT molecular complexity index is 1820. The first-order chi connectivity index (χ1) is 21.9. The molecule has 0 aliphatic carbocycles. The minimum atomic E-state index is 0.0401. The summed E-state index contributed by atoms with van der Waals surface area (Å²) in [6.07, 6.45) is 3.73. The van der Waals surface area contributed by atoms with E-state index in [1.54, 1.807) is 12.1 Å². The second kappa shape index (κ2) is 14.0. The third kappa shape index (κ3) is 7.46. The lowest BCUT2D eigenvalue weighted by molar-refractivity contribution is 0.0751. The maximum Gasteiger partial charge on any atom is 0.264 e. The zero-order valence-corrected chi connectivity index (χ0v) is 27.3. The Hall–Kier alpha value is -4.00. The number of imidazole rings is 1. The minimum Gasteiger partial charge on any atom is -0.368 e. The summed E-state index contributed by atoms with van der Waals surface area (Å²) in [5.74, 6) is 0.0401. The SMILES string of the molecule is N#Cc1ccc(Cn2cncc2CN(Cc2ccc(Cl)c(Cl)c2)c2ccc(N3CCN(C(=O)c4ccc(Cl)s4)CC3)cc2)cc1. The first-order valence-corrected chi connectivity index (χ1v) is 16.4. The largest absolute Gasteiger partial charge is 0.368 e. The summed E-state index contributed by atoms with van der Waals surface area (Å²) in [5.41, 5.74) is 6.00. The molecule has 2 aromatic heterocycles. The van der Waals surface area contributed by atoms with Gasteiger partial charge >= 0.3 is 0 Å². The highest BCUT2D eigenvalue weighted by Crippen LogP contribution is 2.29. The summed E-state index contributed by atoms with van der Waals surface area (Å²) < 4.78 is 2.75. The Morgan fingerprint density at radius 3 is 2.27 bits per heavy atom. The van der Waals surface area contributed by atoms with Crippen LogP contribution in [0.5, 0.6) is 0 Å². The molecule has 1 aliphatic rings. The molecule has 7 nitrogen and oxygen atoms in total. The van der Waals surface area contributed by atoms with Gasteiger partial charge in [-0.3, -0.25) is 4.79 Å². The standard InChI is InChI=1S/C34H29Cl3N6OS/c35-30-10-5-26(17-31(30)36)21-42(22-29-19-39-23-43(29)20-25-3-1-24(18-38)2-4-25)28-8-6-27(7-9-28)40-13-15-41(16-14-40)34(44)32-11-12-33(37)45-32/h1-12,17,19,23H,13-16,20-22H2. The van der Waals surface area contributed by atoms with E-state index in [1.165, 1.54) is 11.3 Å². The van der Waals surface area contributed by atoms with E-state index in [0.29, 0.717) is 57.5 Å². The number of aromatic nitrogens is 2. The predicted octanol–water partition coefficient (Wildman–Crippen LogP) is 7.99. The second-order valence-electron chi connectivity index (χ2n) is 10.8. The van der Waals surface area contributed by atoms with Crippen LogP contribution < -0.4 is 9.80 Å². The number of hydrogen-bond donors (Lipinski definition) is 0. The Morgan fingerprint density at radius 1 is 0.867 bits per heavy atom. The van der Waals surface area contributed by atoms with Gasteiger partial charge in [-0.15, -0.1) is 11.3 Å². The molecule has 1 fully saturated rings. The Morgan fingerprint density at radius 2 is 1.60 bits per heavy atom. The lowest BCUT2D eigenvalue weighted by Crippen LogP contribution is -2.48. The van der Waals surface area contributed by atoms with Gasteiger partial charge in [0.25, 0.3) is 5.91 Å². The third-order valence-corrected chi connectivity index (χ3v) is 9.83. The van der Waals surface area contributed by atoms with E-state index in [2.05, 4.69) is 49.7 Å². The Kier molecular flexibility index (Phi) is 9.62. The molecule has 5 aromatic rings. The third-order valence-electron chi connectivity index (χ3n) is 7.88. The van der Waals surface area contributed by atoms with Crippen molar-refractivity contribution in [2.45, 2.75) is 19.6 Å². The maximum absolute atomic E-state index is 12.9. The van der Waals surface area contributed by atoms with Gasteiger partial charge in [0.05, 0.1) is 49.5 Å². The van der Waals surface area contributed by atoms with Gasteiger partial charge in [-0.2, -0.15) is 5.26 Å². The average Bonchev–Trinajstić information content (AvgIpc) is 3.71. The van der Waals surface area contributed by atoms with Gasteiger partial charge < -0.3 is 19.3 Å². The number of carbonyl (C=O) groups excluding carboxylic acids is 1. The van der Waals surface area contributed by atoms with E-state index in [9.17, 15) is 4.79 Å². The molecule has 0 unspecified atom stereocenters. The van der Waals surface area contributed by atoms with Crippen LogP contribution in [0.2, 0.25) is 14.4 Å². The van der Waals surface area contributed by atoms with Crippen LogP contribution >= 0.6 is 46.1 Å². The summed E-state index contributed by atoms with van der Waals surface area (Å²) >= 11 is 19.9. The number of benzene rings is 3. The molecule has 228 valence electrons. The maximum atomic E-state index is 12.9. The molecule has 45 heavy (non-hydrogen) atoms. The molecular weight excluding hydrogens is 647 g/mol. The molecule has 3 aromatic carbocycles. The number of hydrogen-bond acceptors (Lipinski definition) is 6. The van der Waals surface area contributed by atoms with Crippen molar-refractivity contribution in [2.24, 2.45) is 0 Å². The molecule has 1 aliphatic heterocycles. The van der Waals surface area contributed by atoms with Crippen LogP contribution in [-0.4, -0.2) is 46.5 Å². The van der Waals surface area contributed by atoms with E-state index in [-0.39, 0.29) is 5.91 Å². The Labute approximate surface area is 281 Å².